The molecule has 0 fully saturated rings. The van der Waals surface area contributed by atoms with Crippen molar-refractivity contribution >= 4 is 0 Å². The standard InChI is InChI=1S/C8H13N5/c1-13-11-8(10-12-13)5-6-2-3-7(9)4-6/h4,7H,2-3,5,9H2,1H3. The number of aryl methyl sites for hydroxylation is 1. The zero-order valence-electron chi connectivity index (χ0n) is 7.64. The monoisotopic (exact) mass is 179 g/mol. The van der Waals surface area contributed by atoms with Gasteiger partial charge < -0.3 is 5.73 Å². The van der Waals surface area contributed by atoms with E-state index in [9.17, 15) is 0 Å². The molecule has 2 rings (SSSR count). The summed E-state index contributed by atoms with van der Waals surface area (Å²) in [5.74, 6) is 0.780. The molecule has 70 valence electrons. The van der Waals surface area contributed by atoms with E-state index in [1.807, 2.05) is 0 Å². The Bertz CT molecular complexity index is 327. The summed E-state index contributed by atoms with van der Waals surface area (Å²) in [5.41, 5.74) is 7.08. The van der Waals surface area contributed by atoms with Crippen LogP contribution in [0.25, 0.3) is 0 Å². The fourth-order valence-electron chi connectivity index (χ4n) is 1.57. The second-order valence-corrected chi connectivity index (χ2v) is 3.40. The summed E-state index contributed by atoms with van der Waals surface area (Å²) in [6, 6.07) is 0.228. The minimum Gasteiger partial charge on any atom is -0.324 e. The van der Waals surface area contributed by atoms with Crippen molar-refractivity contribution in [1.82, 2.24) is 20.2 Å². The quantitative estimate of drug-likeness (QED) is 0.638. The highest BCUT2D eigenvalue weighted by atomic mass is 15.6. The van der Waals surface area contributed by atoms with Crippen LogP contribution in [0.1, 0.15) is 18.7 Å². The number of allylic oxidation sites excluding steroid dienone is 1. The van der Waals surface area contributed by atoms with Gasteiger partial charge in [-0.15, -0.1) is 10.2 Å². The van der Waals surface area contributed by atoms with Gasteiger partial charge in [0, 0.05) is 12.5 Å². The molecule has 13 heavy (non-hydrogen) atoms. The molecule has 5 heteroatoms. The van der Waals surface area contributed by atoms with Crippen molar-refractivity contribution in [1.29, 1.82) is 0 Å². The van der Waals surface area contributed by atoms with E-state index in [-0.39, 0.29) is 6.04 Å². The molecule has 0 spiro atoms. The number of hydrogen-bond acceptors (Lipinski definition) is 4. The first kappa shape index (κ1) is 8.37. The third-order valence-electron chi connectivity index (χ3n) is 2.18. The maximum Gasteiger partial charge on any atom is 0.178 e. The van der Waals surface area contributed by atoms with Crippen LogP contribution in [0.3, 0.4) is 0 Å². The number of aromatic nitrogens is 4. The molecule has 0 radical (unpaired) electrons. The Morgan fingerprint density at radius 1 is 1.69 bits per heavy atom. The summed E-state index contributed by atoms with van der Waals surface area (Å²) >= 11 is 0. The number of rotatable bonds is 2. The number of hydrogen-bond donors (Lipinski definition) is 1. The lowest BCUT2D eigenvalue weighted by Crippen LogP contribution is -2.11. The molecule has 0 aromatic carbocycles. The molecule has 5 nitrogen and oxygen atoms in total. The average molecular weight is 179 g/mol. The molecule has 2 N–H and O–H groups in total. The van der Waals surface area contributed by atoms with E-state index >= 15 is 0 Å². The molecule has 0 saturated heterocycles. The van der Waals surface area contributed by atoms with Crippen molar-refractivity contribution in [2.75, 3.05) is 0 Å². The molecule has 1 atom stereocenters. The van der Waals surface area contributed by atoms with E-state index in [4.69, 9.17) is 5.73 Å². The van der Waals surface area contributed by atoms with E-state index in [0.29, 0.717) is 0 Å². The van der Waals surface area contributed by atoms with Crippen molar-refractivity contribution in [3.05, 3.63) is 17.5 Å². The zero-order valence-corrected chi connectivity index (χ0v) is 7.64. The van der Waals surface area contributed by atoms with E-state index in [0.717, 1.165) is 25.1 Å². The van der Waals surface area contributed by atoms with Crippen LogP contribution in [0.5, 0.6) is 0 Å². The van der Waals surface area contributed by atoms with Gasteiger partial charge in [-0.05, 0) is 18.1 Å². The lowest BCUT2D eigenvalue weighted by Gasteiger charge is -1.93. The number of nitrogens with zero attached hydrogens (tertiary/aromatic N) is 4. The SMILES string of the molecule is Cn1nnc(CC2=CC(N)CC2)n1. The lowest BCUT2D eigenvalue weighted by molar-refractivity contribution is 0.628. The summed E-state index contributed by atoms with van der Waals surface area (Å²) in [6.45, 7) is 0. The highest BCUT2D eigenvalue weighted by Crippen LogP contribution is 2.19. The maximum absolute atomic E-state index is 5.75. The molecule has 0 amide bonds. The van der Waals surface area contributed by atoms with Gasteiger partial charge in [0.25, 0.3) is 0 Å². The summed E-state index contributed by atoms with van der Waals surface area (Å²) < 4.78 is 0. The fraction of sp³-hybridized carbons (Fsp3) is 0.625. The van der Waals surface area contributed by atoms with Crippen LogP contribution in [0.2, 0.25) is 0 Å². The summed E-state index contributed by atoms with van der Waals surface area (Å²) in [7, 11) is 1.77. The highest BCUT2D eigenvalue weighted by Gasteiger charge is 2.13. The lowest BCUT2D eigenvalue weighted by atomic mass is 10.2. The van der Waals surface area contributed by atoms with Crippen molar-refractivity contribution in [2.24, 2.45) is 12.8 Å². The number of nitrogens with two attached hydrogens (primary N) is 1. The summed E-state index contributed by atoms with van der Waals surface area (Å²) in [6.07, 6.45) is 5.02. The maximum atomic E-state index is 5.75. The molecular weight excluding hydrogens is 166 g/mol. The van der Waals surface area contributed by atoms with Gasteiger partial charge in [-0.25, -0.2) is 0 Å². The predicted molar refractivity (Wildman–Crippen MR) is 47.8 cm³/mol. The van der Waals surface area contributed by atoms with Crippen LogP contribution < -0.4 is 5.73 Å². The third-order valence-corrected chi connectivity index (χ3v) is 2.18. The topological polar surface area (TPSA) is 69.6 Å². The third kappa shape index (κ3) is 1.92. The van der Waals surface area contributed by atoms with Crippen LogP contribution in [0.15, 0.2) is 11.6 Å². The fourth-order valence-corrected chi connectivity index (χ4v) is 1.57. The molecule has 0 bridgehead atoms. The van der Waals surface area contributed by atoms with E-state index in [1.54, 1.807) is 7.05 Å². The molecule has 1 unspecified atom stereocenters. The normalized spacial score (nSPS) is 22.0. The molecule has 1 aliphatic rings. The molecule has 1 heterocycles. The molecule has 0 aliphatic heterocycles. The van der Waals surface area contributed by atoms with Crippen LogP contribution in [0.4, 0.5) is 0 Å². The average Bonchev–Trinajstić information content (AvgIpc) is 2.62. The van der Waals surface area contributed by atoms with Crippen molar-refractivity contribution in [3.8, 4) is 0 Å². The molecule has 0 saturated carbocycles. The Morgan fingerprint density at radius 3 is 3.08 bits per heavy atom. The van der Waals surface area contributed by atoms with Gasteiger partial charge in [0.1, 0.15) is 0 Å². The van der Waals surface area contributed by atoms with Gasteiger partial charge in [-0.3, -0.25) is 0 Å². The molecule has 1 aliphatic carbocycles. The minimum absolute atomic E-state index is 0.228. The first-order valence-electron chi connectivity index (χ1n) is 4.42. The first-order valence-corrected chi connectivity index (χ1v) is 4.42. The predicted octanol–water partition coefficient (Wildman–Crippen LogP) is -0.200. The smallest absolute Gasteiger partial charge is 0.178 e. The highest BCUT2D eigenvalue weighted by molar-refractivity contribution is 5.16. The first-order chi connectivity index (χ1) is 6.24. The van der Waals surface area contributed by atoms with Crippen LogP contribution in [-0.4, -0.2) is 26.2 Å². The summed E-state index contributed by atoms with van der Waals surface area (Å²) in [5, 5.41) is 11.8. The number of tetrazole rings is 1. The van der Waals surface area contributed by atoms with Gasteiger partial charge in [0.15, 0.2) is 5.82 Å². The summed E-state index contributed by atoms with van der Waals surface area (Å²) in [4.78, 5) is 1.48. The largest absolute Gasteiger partial charge is 0.324 e. The van der Waals surface area contributed by atoms with Gasteiger partial charge in [-0.2, -0.15) is 4.80 Å². The van der Waals surface area contributed by atoms with E-state index in [1.165, 1.54) is 10.4 Å². The Hall–Kier alpha value is -1.23. The van der Waals surface area contributed by atoms with Crippen LogP contribution in [0, 0.1) is 0 Å². The van der Waals surface area contributed by atoms with E-state index < -0.39 is 0 Å². The van der Waals surface area contributed by atoms with Gasteiger partial charge in [0.05, 0.1) is 7.05 Å². The molecule has 1 aromatic rings. The molecular formula is C8H13N5. The van der Waals surface area contributed by atoms with Crippen molar-refractivity contribution in [3.63, 3.8) is 0 Å². The Kier molecular flexibility index (Phi) is 2.10. The van der Waals surface area contributed by atoms with Gasteiger partial charge >= 0.3 is 0 Å². The van der Waals surface area contributed by atoms with Crippen LogP contribution >= 0.6 is 0 Å². The zero-order chi connectivity index (χ0) is 9.26. The molecule has 1 aromatic heterocycles. The second kappa shape index (κ2) is 3.26. The van der Waals surface area contributed by atoms with Gasteiger partial charge in [-0.1, -0.05) is 11.6 Å². The Morgan fingerprint density at radius 2 is 2.54 bits per heavy atom. The van der Waals surface area contributed by atoms with E-state index in [2.05, 4.69) is 21.5 Å². The van der Waals surface area contributed by atoms with Crippen molar-refractivity contribution in [2.45, 2.75) is 25.3 Å². The van der Waals surface area contributed by atoms with Crippen LogP contribution in [-0.2, 0) is 13.5 Å². The van der Waals surface area contributed by atoms with Gasteiger partial charge in [0.2, 0.25) is 0 Å². The Balaban J connectivity index is 2.02. The van der Waals surface area contributed by atoms with Crippen molar-refractivity contribution < 1.29 is 0 Å². The minimum atomic E-state index is 0.228. The Labute approximate surface area is 76.6 Å². The second-order valence-electron chi connectivity index (χ2n) is 3.40.